The molecule has 0 radical (unpaired) electrons. The van der Waals surface area contributed by atoms with Crippen LogP contribution in [0.3, 0.4) is 0 Å². The van der Waals surface area contributed by atoms with Gasteiger partial charge in [-0.1, -0.05) is 0 Å². The zero-order chi connectivity index (χ0) is 14.2. The first-order valence-corrected chi connectivity index (χ1v) is 7.33. The molecule has 1 heterocycles. The Kier molecular flexibility index (Phi) is 3.50. The Morgan fingerprint density at radius 2 is 2.16 bits per heavy atom. The molecule has 19 heavy (non-hydrogen) atoms. The summed E-state index contributed by atoms with van der Waals surface area (Å²) in [7, 11) is -2.43. The van der Waals surface area contributed by atoms with E-state index in [0.717, 1.165) is 6.07 Å². The smallest absolute Gasteiger partial charge is 0.265 e. The number of nitrogen functional groups attached to an aromatic ring is 1. The Morgan fingerprint density at radius 1 is 1.47 bits per heavy atom. The molecular weight excluding hydrogens is 339 g/mol. The Bertz CT molecular complexity index is 729. The molecule has 2 rings (SSSR count). The molecule has 0 bridgehead atoms. The number of hydrogen-bond donors (Lipinski definition) is 2. The predicted molar refractivity (Wildman–Crippen MR) is 72.5 cm³/mol. The number of nitrogens with zero attached hydrogens (tertiary/aromatic N) is 2. The van der Waals surface area contributed by atoms with Crippen LogP contribution in [-0.4, -0.2) is 18.2 Å². The fourth-order valence-electron chi connectivity index (χ4n) is 1.46. The molecule has 102 valence electrons. The number of nitrogens with two attached hydrogens (primary N) is 1. The van der Waals surface area contributed by atoms with Crippen molar-refractivity contribution in [2.45, 2.75) is 4.90 Å². The van der Waals surface area contributed by atoms with Crippen LogP contribution in [0.15, 0.2) is 33.9 Å². The van der Waals surface area contributed by atoms with Crippen molar-refractivity contribution in [3.05, 3.63) is 34.8 Å². The SMILES string of the molecule is Cn1cc(NS(=O)(=O)c2cc(N)cc(Br)c2F)cn1. The maximum absolute atomic E-state index is 13.8. The van der Waals surface area contributed by atoms with Crippen LogP contribution in [0.1, 0.15) is 0 Å². The van der Waals surface area contributed by atoms with Crippen LogP contribution >= 0.6 is 15.9 Å². The number of nitrogens with one attached hydrogen (secondary N) is 1. The summed E-state index contributed by atoms with van der Waals surface area (Å²) < 4.78 is 41.6. The minimum Gasteiger partial charge on any atom is -0.399 e. The molecular formula is C10H10BrFN4O2S. The maximum atomic E-state index is 13.8. The molecule has 0 fully saturated rings. The van der Waals surface area contributed by atoms with Gasteiger partial charge in [0.2, 0.25) is 0 Å². The van der Waals surface area contributed by atoms with E-state index in [1.54, 1.807) is 7.05 Å². The molecule has 0 atom stereocenters. The first kappa shape index (κ1) is 13.8. The molecule has 0 aliphatic carbocycles. The van der Waals surface area contributed by atoms with Crippen LogP contribution in [-0.2, 0) is 17.1 Å². The van der Waals surface area contributed by atoms with Gasteiger partial charge in [-0.15, -0.1) is 0 Å². The number of sulfonamides is 1. The highest BCUT2D eigenvalue weighted by Gasteiger charge is 2.22. The number of halogens is 2. The zero-order valence-corrected chi connectivity index (χ0v) is 12.2. The molecule has 3 N–H and O–H groups in total. The number of aryl methyl sites for hydroxylation is 1. The quantitative estimate of drug-likeness (QED) is 0.826. The van der Waals surface area contributed by atoms with Crippen molar-refractivity contribution in [3.8, 4) is 0 Å². The van der Waals surface area contributed by atoms with E-state index in [9.17, 15) is 12.8 Å². The first-order valence-electron chi connectivity index (χ1n) is 5.05. The van der Waals surface area contributed by atoms with Crippen molar-refractivity contribution in [3.63, 3.8) is 0 Å². The predicted octanol–water partition coefficient (Wildman–Crippen LogP) is 1.70. The molecule has 0 unspecified atom stereocenters. The molecule has 0 aliphatic heterocycles. The monoisotopic (exact) mass is 348 g/mol. The number of rotatable bonds is 3. The summed E-state index contributed by atoms with van der Waals surface area (Å²) in [6, 6.07) is 2.34. The highest BCUT2D eigenvalue weighted by Crippen LogP contribution is 2.27. The number of aromatic nitrogens is 2. The van der Waals surface area contributed by atoms with Crippen molar-refractivity contribution in [2.24, 2.45) is 7.05 Å². The van der Waals surface area contributed by atoms with Crippen molar-refractivity contribution in [1.82, 2.24) is 9.78 Å². The lowest BCUT2D eigenvalue weighted by Gasteiger charge is -2.09. The summed E-state index contributed by atoms with van der Waals surface area (Å²) in [6.07, 6.45) is 2.77. The summed E-state index contributed by atoms with van der Waals surface area (Å²) in [4.78, 5) is -0.525. The maximum Gasteiger partial charge on any atom is 0.265 e. The highest BCUT2D eigenvalue weighted by atomic mass is 79.9. The van der Waals surface area contributed by atoms with E-state index < -0.39 is 20.7 Å². The van der Waals surface area contributed by atoms with Gasteiger partial charge in [0.15, 0.2) is 5.82 Å². The average Bonchev–Trinajstić information content (AvgIpc) is 2.68. The normalized spacial score (nSPS) is 11.5. The average molecular weight is 349 g/mol. The minimum absolute atomic E-state index is 0.0148. The van der Waals surface area contributed by atoms with Crippen molar-refractivity contribution in [2.75, 3.05) is 10.5 Å². The van der Waals surface area contributed by atoms with Gasteiger partial charge in [0.05, 0.1) is 16.4 Å². The summed E-state index contributed by atoms with van der Waals surface area (Å²) in [6.45, 7) is 0. The van der Waals surface area contributed by atoms with E-state index in [1.165, 1.54) is 23.1 Å². The third-order valence-corrected chi connectivity index (χ3v) is 4.22. The van der Waals surface area contributed by atoms with Crippen molar-refractivity contribution < 1.29 is 12.8 Å². The molecule has 2 aromatic rings. The number of hydrogen-bond acceptors (Lipinski definition) is 4. The van der Waals surface area contributed by atoms with Crippen molar-refractivity contribution in [1.29, 1.82) is 0 Å². The van der Waals surface area contributed by atoms with E-state index in [-0.39, 0.29) is 15.8 Å². The summed E-state index contributed by atoms with van der Waals surface area (Å²) >= 11 is 2.92. The molecule has 0 spiro atoms. The highest BCUT2D eigenvalue weighted by molar-refractivity contribution is 9.10. The van der Waals surface area contributed by atoms with E-state index >= 15 is 0 Å². The number of benzene rings is 1. The van der Waals surface area contributed by atoms with E-state index in [0.29, 0.717) is 0 Å². The van der Waals surface area contributed by atoms with Crippen LogP contribution in [0.5, 0.6) is 0 Å². The van der Waals surface area contributed by atoms with Gasteiger partial charge in [0.1, 0.15) is 4.90 Å². The van der Waals surface area contributed by atoms with Gasteiger partial charge in [0.25, 0.3) is 10.0 Å². The van der Waals surface area contributed by atoms with Gasteiger partial charge >= 0.3 is 0 Å². The van der Waals surface area contributed by atoms with Crippen LogP contribution in [0.4, 0.5) is 15.8 Å². The fraction of sp³-hybridized carbons (Fsp3) is 0.100. The Labute approximate surface area is 117 Å². The lowest BCUT2D eigenvalue weighted by atomic mass is 10.3. The van der Waals surface area contributed by atoms with Crippen LogP contribution in [0.2, 0.25) is 0 Å². The first-order chi connectivity index (χ1) is 8.79. The van der Waals surface area contributed by atoms with Gasteiger partial charge in [-0.3, -0.25) is 9.40 Å². The fourth-order valence-corrected chi connectivity index (χ4v) is 3.24. The molecule has 0 amide bonds. The van der Waals surface area contributed by atoms with Crippen molar-refractivity contribution >= 4 is 37.3 Å². The second-order valence-corrected chi connectivity index (χ2v) is 6.33. The Hall–Kier alpha value is -1.61. The second kappa shape index (κ2) is 4.82. The molecule has 0 saturated carbocycles. The van der Waals surface area contributed by atoms with Gasteiger partial charge < -0.3 is 5.73 Å². The summed E-state index contributed by atoms with van der Waals surface area (Å²) in [5.74, 6) is -0.898. The number of anilines is 2. The summed E-state index contributed by atoms with van der Waals surface area (Å²) in [5.41, 5.74) is 5.89. The zero-order valence-electron chi connectivity index (χ0n) is 9.76. The van der Waals surface area contributed by atoms with Gasteiger partial charge in [0, 0.05) is 18.9 Å². The standard InChI is InChI=1S/C10H10BrFN4O2S/c1-16-5-7(4-14-16)15-19(17,18)9-3-6(13)2-8(11)10(9)12/h2-5,15H,13H2,1H3. The van der Waals surface area contributed by atoms with E-state index in [1.807, 2.05) is 0 Å². The molecule has 0 saturated heterocycles. The second-order valence-electron chi connectivity index (χ2n) is 3.82. The van der Waals surface area contributed by atoms with Gasteiger partial charge in [-0.05, 0) is 28.1 Å². The Balaban J connectivity index is 2.45. The molecule has 1 aromatic carbocycles. The largest absolute Gasteiger partial charge is 0.399 e. The minimum atomic E-state index is -4.06. The third-order valence-electron chi connectivity index (χ3n) is 2.26. The van der Waals surface area contributed by atoms with Crippen LogP contribution < -0.4 is 10.5 Å². The van der Waals surface area contributed by atoms with E-state index in [2.05, 4.69) is 25.8 Å². The third kappa shape index (κ3) is 2.87. The summed E-state index contributed by atoms with van der Waals surface area (Å²) in [5, 5.41) is 3.81. The molecule has 0 aliphatic rings. The van der Waals surface area contributed by atoms with Crippen LogP contribution in [0.25, 0.3) is 0 Å². The topological polar surface area (TPSA) is 90.0 Å². The van der Waals surface area contributed by atoms with E-state index in [4.69, 9.17) is 5.73 Å². The Morgan fingerprint density at radius 3 is 2.74 bits per heavy atom. The van der Waals surface area contributed by atoms with Crippen LogP contribution in [0, 0.1) is 5.82 Å². The van der Waals surface area contributed by atoms with Gasteiger partial charge in [-0.2, -0.15) is 5.10 Å². The molecule has 1 aromatic heterocycles. The lowest BCUT2D eigenvalue weighted by Crippen LogP contribution is -2.15. The molecule has 9 heteroatoms. The molecule has 6 nitrogen and oxygen atoms in total. The van der Waals surface area contributed by atoms with Gasteiger partial charge in [-0.25, -0.2) is 12.8 Å². The lowest BCUT2D eigenvalue weighted by molar-refractivity contribution is 0.567.